The minimum atomic E-state index is 0. The van der Waals surface area contributed by atoms with Gasteiger partial charge in [-0.3, -0.25) is 0 Å². The first-order chi connectivity index (χ1) is 9.94. The van der Waals surface area contributed by atoms with Gasteiger partial charge in [-0.15, -0.1) is 0 Å². The van der Waals surface area contributed by atoms with E-state index in [2.05, 4.69) is 68.3 Å². The molecule has 0 atom stereocenters. The molecule has 0 saturated heterocycles. The van der Waals surface area contributed by atoms with E-state index in [1.54, 1.807) is 0 Å². The van der Waals surface area contributed by atoms with Gasteiger partial charge in [-0.05, 0) is 17.7 Å². The van der Waals surface area contributed by atoms with Gasteiger partial charge < -0.3 is 17.3 Å². The summed E-state index contributed by atoms with van der Waals surface area (Å²) in [5, 5.41) is 0. The first kappa shape index (κ1) is 18.2. The Kier molecular flexibility index (Phi) is 6.19. The van der Waals surface area contributed by atoms with Crippen molar-refractivity contribution in [3.63, 3.8) is 0 Å². The molecule has 3 heteroatoms. The predicted molar refractivity (Wildman–Crippen MR) is 92.4 cm³/mol. The molecule has 0 amide bonds. The van der Waals surface area contributed by atoms with Crippen LogP contribution in [0.4, 0.5) is 5.69 Å². The average molecular weight is 317 g/mol. The molecule has 0 N–H and O–H groups in total. The van der Waals surface area contributed by atoms with Crippen LogP contribution in [0.15, 0.2) is 60.3 Å². The molecular weight excluding hydrogens is 292 g/mol. The van der Waals surface area contributed by atoms with E-state index in [4.69, 9.17) is 0 Å². The first-order valence-electron chi connectivity index (χ1n) is 7.33. The van der Waals surface area contributed by atoms with Crippen LogP contribution in [-0.4, -0.2) is 31.9 Å². The number of anilines is 1. The second kappa shape index (κ2) is 7.46. The van der Waals surface area contributed by atoms with Crippen LogP contribution in [0.2, 0.25) is 0 Å². The molecular formula is C19H25ClN2. The molecule has 0 fully saturated rings. The molecule has 1 aromatic carbocycles. The lowest BCUT2D eigenvalue weighted by Gasteiger charge is -2.23. The lowest BCUT2D eigenvalue weighted by molar-refractivity contribution is -0.458. The highest BCUT2D eigenvalue weighted by atomic mass is 35.5. The number of allylic oxidation sites excluding steroid dienone is 6. The Labute approximate surface area is 140 Å². The third kappa shape index (κ3) is 3.69. The van der Waals surface area contributed by atoms with Gasteiger partial charge in [0, 0.05) is 29.9 Å². The minimum Gasteiger partial charge on any atom is -1.00 e. The van der Waals surface area contributed by atoms with Crippen LogP contribution in [0.3, 0.4) is 0 Å². The lowest BCUT2D eigenvalue weighted by atomic mass is 9.84. The molecule has 1 heterocycles. The number of likely N-dealkylation sites (N-methyl/N-ethyl adjacent to an activating group) is 1. The van der Waals surface area contributed by atoms with E-state index in [-0.39, 0.29) is 17.8 Å². The highest BCUT2D eigenvalue weighted by Gasteiger charge is 2.37. The number of benzene rings is 1. The number of nitrogens with zero attached hydrogens (tertiary/aromatic N) is 2. The second-order valence-corrected chi connectivity index (χ2v) is 6.14. The topological polar surface area (TPSA) is 6.25 Å². The minimum absolute atomic E-state index is 0. The smallest absolute Gasteiger partial charge is 0.162 e. The molecule has 0 radical (unpaired) electrons. The van der Waals surface area contributed by atoms with Gasteiger partial charge in [-0.2, -0.15) is 0 Å². The Hall–Kier alpha value is -1.80. The van der Waals surface area contributed by atoms with E-state index >= 15 is 0 Å². The lowest BCUT2D eigenvalue weighted by Crippen LogP contribution is -3.00. The Balaban J connectivity index is 0.00000242. The summed E-state index contributed by atoms with van der Waals surface area (Å²) < 4.78 is 2.02. The van der Waals surface area contributed by atoms with Crippen molar-refractivity contribution >= 4 is 11.9 Å². The Morgan fingerprint density at radius 1 is 1.00 bits per heavy atom. The zero-order valence-corrected chi connectivity index (χ0v) is 14.8. The first-order valence-corrected chi connectivity index (χ1v) is 7.33. The maximum absolute atomic E-state index is 2.29. The molecule has 0 spiro atoms. The summed E-state index contributed by atoms with van der Waals surface area (Å²) in [6, 6.07) is 8.63. The number of hydrogen-bond acceptors (Lipinski definition) is 1. The van der Waals surface area contributed by atoms with Crippen LogP contribution in [0.5, 0.6) is 0 Å². The van der Waals surface area contributed by atoms with Crippen molar-refractivity contribution in [3.8, 4) is 0 Å². The highest BCUT2D eigenvalue weighted by molar-refractivity contribution is 5.70. The summed E-state index contributed by atoms with van der Waals surface area (Å²) in [5.41, 5.74) is 4.07. The van der Waals surface area contributed by atoms with E-state index in [0.717, 1.165) is 0 Å². The quantitative estimate of drug-likeness (QED) is 0.453. The predicted octanol–water partition coefficient (Wildman–Crippen LogP) is 0.757. The van der Waals surface area contributed by atoms with E-state index in [0.29, 0.717) is 0 Å². The van der Waals surface area contributed by atoms with Crippen molar-refractivity contribution in [2.75, 3.05) is 26.0 Å². The summed E-state index contributed by atoms with van der Waals surface area (Å²) in [6.45, 7) is 4.56. The van der Waals surface area contributed by atoms with Crippen LogP contribution >= 0.6 is 0 Å². The third-order valence-electron chi connectivity index (χ3n) is 3.91. The number of rotatable bonds is 3. The van der Waals surface area contributed by atoms with Crippen LogP contribution < -0.4 is 17.3 Å². The van der Waals surface area contributed by atoms with Crippen molar-refractivity contribution in [2.45, 2.75) is 19.3 Å². The maximum atomic E-state index is 2.29. The van der Waals surface area contributed by atoms with Crippen LogP contribution in [0.1, 0.15) is 19.4 Å². The van der Waals surface area contributed by atoms with Crippen molar-refractivity contribution in [1.29, 1.82) is 0 Å². The summed E-state index contributed by atoms with van der Waals surface area (Å²) >= 11 is 0. The standard InChI is InChI=1S/C19H25N2.ClH/c1-19(2)16-12-9-10-13-17(16)21(5)18(19)14-8-6-7-11-15-20(3)4;/h6-15H,1-5H3;1H/q+1;/p-1. The fraction of sp³-hybridized carbons (Fsp3) is 0.316. The number of halogens is 1. The van der Waals surface area contributed by atoms with E-state index in [1.807, 2.05) is 37.0 Å². The summed E-state index contributed by atoms with van der Waals surface area (Å²) in [5.74, 6) is 0. The molecule has 118 valence electrons. The number of para-hydroxylation sites is 1. The maximum Gasteiger partial charge on any atom is 0.162 e. The number of fused-ring (bicyclic) bond motifs is 1. The molecule has 0 unspecified atom stereocenters. The van der Waals surface area contributed by atoms with Gasteiger partial charge in [0.05, 0.1) is 0 Å². The van der Waals surface area contributed by atoms with E-state index in [9.17, 15) is 0 Å². The van der Waals surface area contributed by atoms with Gasteiger partial charge in [0.25, 0.3) is 0 Å². The van der Waals surface area contributed by atoms with Crippen LogP contribution in [0, 0.1) is 0 Å². The molecule has 0 saturated carbocycles. The monoisotopic (exact) mass is 316 g/mol. The van der Waals surface area contributed by atoms with Gasteiger partial charge in [-0.25, -0.2) is 4.58 Å². The molecule has 1 aromatic rings. The van der Waals surface area contributed by atoms with E-state index < -0.39 is 0 Å². The zero-order chi connectivity index (χ0) is 15.5. The molecule has 1 aliphatic heterocycles. The molecule has 2 rings (SSSR count). The summed E-state index contributed by atoms with van der Waals surface area (Å²) in [7, 11) is 6.18. The van der Waals surface area contributed by atoms with Gasteiger partial charge in [0.2, 0.25) is 0 Å². The van der Waals surface area contributed by atoms with Crippen LogP contribution in [-0.2, 0) is 5.41 Å². The van der Waals surface area contributed by atoms with E-state index in [1.165, 1.54) is 16.9 Å². The normalized spacial score (nSPS) is 17.9. The van der Waals surface area contributed by atoms with Crippen LogP contribution in [0.25, 0.3) is 0 Å². The fourth-order valence-corrected chi connectivity index (χ4v) is 2.80. The Morgan fingerprint density at radius 2 is 1.64 bits per heavy atom. The van der Waals surface area contributed by atoms with Gasteiger partial charge in [-0.1, -0.05) is 50.3 Å². The highest BCUT2D eigenvalue weighted by Crippen LogP contribution is 2.46. The largest absolute Gasteiger partial charge is 1.00 e. The van der Waals surface area contributed by atoms with Crippen molar-refractivity contribution in [1.82, 2.24) is 0 Å². The zero-order valence-electron chi connectivity index (χ0n) is 14.0. The third-order valence-corrected chi connectivity index (χ3v) is 3.91. The molecule has 22 heavy (non-hydrogen) atoms. The van der Waals surface area contributed by atoms with Gasteiger partial charge in [0.15, 0.2) is 6.21 Å². The molecule has 0 aromatic heterocycles. The SMILES string of the molecule is CN1\C(=C/C=C/C=C/C=[N+](C)C)C(C)(C)c2ccccc21.[Cl-]. The second-order valence-electron chi connectivity index (χ2n) is 6.14. The van der Waals surface area contributed by atoms with Crippen molar-refractivity contribution in [3.05, 3.63) is 65.9 Å². The Morgan fingerprint density at radius 3 is 2.27 bits per heavy atom. The van der Waals surface area contributed by atoms with Gasteiger partial charge >= 0.3 is 0 Å². The Bertz CT molecular complexity index is 633. The number of hydrogen-bond donors (Lipinski definition) is 0. The molecule has 0 bridgehead atoms. The van der Waals surface area contributed by atoms with Gasteiger partial charge in [0.1, 0.15) is 14.1 Å². The molecule has 1 aliphatic rings. The summed E-state index contributed by atoms with van der Waals surface area (Å²) in [4.78, 5) is 2.29. The molecule has 2 nitrogen and oxygen atoms in total. The summed E-state index contributed by atoms with van der Waals surface area (Å²) in [6.07, 6.45) is 12.5. The van der Waals surface area contributed by atoms with Crippen molar-refractivity contribution in [2.24, 2.45) is 0 Å². The van der Waals surface area contributed by atoms with Crippen molar-refractivity contribution < 1.29 is 17.0 Å². The molecule has 0 aliphatic carbocycles. The average Bonchev–Trinajstić information content (AvgIpc) is 2.63. The fourth-order valence-electron chi connectivity index (χ4n) is 2.80.